The average molecular weight is 321 g/mol. The van der Waals surface area contributed by atoms with Gasteiger partial charge in [-0.05, 0) is 24.6 Å². The smallest absolute Gasteiger partial charge is 0.334 e. The molecular weight excluding hydrogens is 309 g/mol. The van der Waals surface area contributed by atoms with Gasteiger partial charge in [0.25, 0.3) is 0 Å². The summed E-state index contributed by atoms with van der Waals surface area (Å²) in [5.41, 5.74) is -1.03. The Labute approximate surface area is 123 Å². The Bertz CT molecular complexity index is 589. The number of carbonyl (C=O) groups is 2. The topological polar surface area (TPSA) is 49.4 Å². The lowest BCUT2D eigenvalue weighted by atomic mass is 10.1. The van der Waals surface area contributed by atoms with Crippen molar-refractivity contribution in [3.05, 3.63) is 28.8 Å². The Morgan fingerprint density at radius 2 is 2.10 bits per heavy atom. The minimum absolute atomic E-state index is 0.00975. The Kier molecular flexibility index (Phi) is 4.13. The molecule has 114 valence electrons. The van der Waals surface area contributed by atoms with Gasteiger partial charge >= 0.3 is 6.18 Å². The van der Waals surface area contributed by atoms with Crippen molar-refractivity contribution in [3.63, 3.8) is 0 Å². The normalized spacial score (nSPS) is 19.0. The molecule has 21 heavy (non-hydrogen) atoms. The number of anilines is 1. The molecule has 2 amide bonds. The van der Waals surface area contributed by atoms with Crippen LogP contribution in [0.15, 0.2) is 18.2 Å². The van der Waals surface area contributed by atoms with Crippen molar-refractivity contribution in [2.75, 3.05) is 12.4 Å². The number of nitrogens with one attached hydrogen (secondary N) is 1. The summed E-state index contributed by atoms with van der Waals surface area (Å²) in [5, 5.41) is 1.95. The highest BCUT2D eigenvalue weighted by molar-refractivity contribution is 6.31. The number of carbonyl (C=O) groups excluding carboxylic acids is 2. The van der Waals surface area contributed by atoms with E-state index in [9.17, 15) is 22.8 Å². The van der Waals surface area contributed by atoms with E-state index in [-0.39, 0.29) is 18.0 Å². The van der Waals surface area contributed by atoms with E-state index in [2.05, 4.69) is 5.32 Å². The first kappa shape index (κ1) is 15.6. The minimum atomic E-state index is -4.60. The lowest BCUT2D eigenvalue weighted by Crippen LogP contribution is -2.38. The van der Waals surface area contributed by atoms with Crippen molar-refractivity contribution in [2.24, 2.45) is 0 Å². The zero-order valence-electron chi connectivity index (χ0n) is 11.0. The van der Waals surface area contributed by atoms with Crippen LogP contribution in [0.2, 0.25) is 5.02 Å². The van der Waals surface area contributed by atoms with Gasteiger partial charge in [0, 0.05) is 19.2 Å². The molecule has 1 heterocycles. The van der Waals surface area contributed by atoms with E-state index in [0.29, 0.717) is 6.42 Å². The molecular formula is C13H12ClF3N2O2. The van der Waals surface area contributed by atoms with Gasteiger partial charge in [-0.15, -0.1) is 0 Å². The third-order valence-corrected chi connectivity index (χ3v) is 3.66. The second-order valence-corrected chi connectivity index (χ2v) is 5.15. The van der Waals surface area contributed by atoms with Crippen LogP contribution >= 0.6 is 11.6 Å². The highest BCUT2D eigenvalue weighted by Gasteiger charge is 2.35. The molecule has 1 aliphatic rings. The van der Waals surface area contributed by atoms with Crippen molar-refractivity contribution < 1.29 is 22.8 Å². The maximum Gasteiger partial charge on any atom is 0.417 e. The third-order valence-electron chi connectivity index (χ3n) is 3.33. The van der Waals surface area contributed by atoms with Crippen molar-refractivity contribution in [1.82, 2.24) is 4.90 Å². The van der Waals surface area contributed by atoms with Gasteiger partial charge in [0.05, 0.1) is 10.6 Å². The zero-order valence-corrected chi connectivity index (χ0v) is 11.8. The van der Waals surface area contributed by atoms with Crippen molar-refractivity contribution in [2.45, 2.75) is 25.1 Å². The van der Waals surface area contributed by atoms with Crippen molar-refractivity contribution in [3.8, 4) is 0 Å². The number of likely N-dealkylation sites (tertiary alicyclic amines) is 1. The maximum atomic E-state index is 12.7. The molecule has 0 spiro atoms. The van der Waals surface area contributed by atoms with E-state index < -0.39 is 28.7 Å². The van der Waals surface area contributed by atoms with E-state index in [4.69, 9.17) is 11.6 Å². The van der Waals surface area contributed by atoms with Crippen molar-refractivity contribution >= 4 is 29.1 Å². The average Bonchev–Trinajstić information content (AvgIpc) is 2.71. The predicted octanol–water partition coefficient (Wildman–Crippen LogP) is 2.92. The molecule has 0 saturated carbocycles. The quantitative estimate of drug-likeness (QED) is 0.911. The highest BCUT2D eigenvalue weighted by Crippen LogP contribution is 2.36. The number of benzene rings is 1. The van der Waals surface area contributed by atoms with Crippen LogP contribution in [0.4, 0.5) is 18.9 Å². The minimum Gasteiger partial charge on any atom is -0.334 e. The lowest BCUT2D eigenvalue weighted by molar-refractivity contribution is -0.137. The van der Waals surface area contributed by atoms with E-state index in [1.165, 1.54) is 18.0 Å². The summed E-state index contributed by atoms with van der Waals surface area (Å²) in [4.78, 5) is 24.6. The molecule has 1 aromatic rings. The van der Waals surface area contributed by atoms with Crippen LogP contribution in [-0.4, -0.2) is 29.8 Å². The fourth-order valence-corrected chi connectivity index (χ4v) is 2.38. The lowest BCUT2D eigenvalue weighted by Gasteiger charge is -2.19. The highest BCUT2D eigenvalue weighted by atomic mass is 35.5. The maximum absolute atomic E-state index is 12.7. The molecule has 0 aliphatic carbocycles. The molecule has 1 aromatic carbocycles. The molecule has 2 rings (SSSR count). The van der Waals surface area contributed by atoms with E-state index >= 15 is 0 Å². The van der Waals surface area contributed by atoms with Gasteiger partial charge in [0.2, 0.25) is 11.8 Å². The standard InChI is InChI=1S/C13H12ClF3N2O2/c1-19-10(4-5-11(19)20)12(21)18-7-2-3-9(14)8(6-7)13(15,16)17/h2-3,6,10H,4-5H2,1H3,(H,18,21). The van der Waals surface area contributed by atoms with Crippen molar-refractivity contribution in [1.29, 1.82) is 0 Å². The van der Waals surface area contributed by atoms with Crippen LogP contribution in [0.25, 0.3) is 0 Å². The van der Waals surface area contributed by atoms with Gasteiger partial charge in [-0.3, -0.25) is 9.59 Å². The fraction of sp³-hybridized carbons (Fsp3) is 0.385. The summed E-state index contributed by atoms with van der Waals surface area (Å²) in [6.45, 7) is 0. The summed E-state index contributed by atoms with van der Waals surface area (Å²) < 4.78 is 38.2. The molecule has 1 N–H and O–H groups in total. The first-order valence-electron chi connectivity index (χ1n) is 6.13. The number of alkyl halides is 3. The van der Waals surface area contributed by atoms with Crippen LogP contribution < -0.4 is 5.32 Å². The van der Waals surface area contributed by atoms with Crippen LogP contribution in [0, 0.1) is 0 Å². The fourth-order valence-electron chi connectivity index (χ4n) is 2.16. The van der Waals surface area contributed by atoms with E-state index in [1.54, 1.807) is 0 Å². The Balaban J connectivity index is 2.17. The zero-order chi connectivity index (χ0) is 15.8. The third kappa shape index (κ3) is 3.29. The number of rotatable bonds is 2. The van der Waals surface area contributed by atoms with Gasteiger partial charge in [0.1, 0.15) is 6.04 Å². The summed E-state index contributed by atoms with van der Waals surface area (Å²) >= 11 is 5.50. The van der Waals surface area contributed by atoms with Gasteiger partial charge in [-0.1, -0.05) is 11.6 Å². The van der Waals surface area contributed by atoms with Gasteiger partial charge < -0.3 is 10.2 Å². The largest absolute Gasteiger partial charge is 0.417 e. The molecule has 0 bridgehead atoms. The Morgan fingerprint density at radius 1 is 1.43 bits per heavy atom. The van der Waals surface area contributed by atoms with Crippen LogP contribution in [-0.2, 0) is 15.8 Å². The van der Waals surface area contributed by atoms with Gasteiger partial charge in [-0.25, -0.2) is 0 Å². The molecule has 1 saturated heterocycles. The predicted molar refractivity (Wildman–Crippen MR) is 70.9 cm³/mol. The first-order valence-corrected chi connectivity index (χ1v) is 6.51. The molecule has 1 fully saturated rings. The molecule has 0 radical (unpaired) electrons. The molecule has 1 aliphatic heterocycles. The number of hydrogen-bond donors (Lipinski definition) is 1. The second-order valence-electron chi connectivity index (χ2n) is 4.74. The first-order chi connectivity index (χ1) is 9.70. The number of nitrogens with zero attached hydrogens (tertiary/aromatic N) is 1. The molecule has 8 heteroatoms. The Morgan fingerprint density at radius 3 is 2.62 bits per heavy atom. The summed E-state index contributed by atoms with van der Waals surface area (Å²) in [5.74, 6) is -0.680. The van der Waals surface area contributed by atoms with Crippen LogP contribution in [0.3, 0.4) is 0 Å². The molecule has 1 atom stereocenters. The SMILES string of the molecule is CN1C(=O)CCC1C(=O)Nc1ccc(Cl)c(C(F)(F)F)c1. The number of halogens is 4. The van der Waals surface area contributed by atoms with E-state index in [1.807, 2.05) is 0 Å². The number of hydrogen-bond acceptors (Lipinski definition) is 2. The summed E-state index contributed by atoms with van der Waals surface area (Å²) in [6.07, 6.45) is -4.00. The Hall–Kier alpha value is -1.76. The molecule has 1 unspecified atom stereocenters. The monoisotopic (exact) mass is 320 g/mol. The molecule has 0 aromatic heterocycles. The van der Waals surface area contributed by atoms with Crippen LogP contribution in [0.1, 0.15) is 18.4 Å². The van der Waals surface area contributed by atoms with Gasteiger partial charge in [-0.2, -0.15) is 13.2 Å². The summed E-state index contributed by atoms with van der Waals surface area (Å²) in [6, 6.07) is 2.47. The number of likely N-dealkylation sites (N-methyl/N-ethyl adjacent to an activating group) is 1. The molecule has 4 nitrogen and oxygen atoms in total. The van der Waals surface area contributed by atoms with E-state index in [0.717, 1.165) is 12.1 Å². The number of amides is 2. The van der Waals surface area contributed by atoms with Gasteiger partial charge in [0.15, 0.2) is 0 Å². The summed E-state index contributed by atoms with van der Waals surface area (Å²) in [7, 11) is 1.49. The second kappa shape index (κ2) is 5.55. The van der Waals surface area contributed by atoms with Crippen LogP contribution in [0.5, 0.6) is 0 Å².